The Labute approximate surface area is 208 Å². The molecule has 1 fully saturated rings. The zero-order valence-corrected chi connectivity index (χ0v) is 20.2. The summed E-state index contributed by atoms with van der Waals surface area (Å²) in [7, 11) is 0. The molecule has 1 heterocycles. The van der Waals surface area contributed by atoms with Gasteiger partial charge in [-0.1, -0.05) is 5.92 Å². The molecule has 0 aromatic rings. The number of carbonyl (C=O) groups excluding carboxylic acids is 1. The summed E-state index contributed by atoms with van der Waals surface area (Å²) >= 11 is 0. The van der Waals surface area contributed by atoms with Gasteiger partial charge in [0.15, 0.2) is 0 Å². The molecule has 1 rings (SSSR count). The van der Waals surface area contributed by atoms with Gasteiger partial charge >= 0.3 is 5.97 Å². The molecule has 0 aliphatic carbocycles. The van der Waals surface area contributed by atoms with Crippen LogP contribution in [0.2, 0.25) is 0 Å². The average molecular weight is 456 g/mol. The molecule has 0 aromatic carbocycles. The lowest BCUT2D eigenvalue weighted by Crippen LogP contribution is -2.60. The summed E-state index contributed by atoms with van der Waals surface area (Å²) in [6.07, 6.45) is 0.654. The van der Waals surface area contributed by atoms with Crippen LogP contribution in [0, 0.1) is 118 Å². The summed E-state index contributed by atoms with van der Waals surface area (Å²) in [6.45, 7) is 9.25. The number of carbonyl (C=O) groups is 1. The topological polar surface area (TPSA) is 49.8 Å². The van der Waals surface area contributed by atoms with Gasteiger partial charge in [0.2, 0.25) is 0 Å². The summed E-state index contributed by atoms with van der Waals surface area (Å²) in [6, 6.07) is 0. The van der Waals surface area contributed by atoms with E-state index in [-0.39, 0.29) is 6.10 Å². The van der Waals surface area contributed by atoms with Gasteiger partial charge in [-0.3, -0.25) is 0 Å². The lowest BCUT2D eigenvalue weighted by molar-refractivity contribution is -0.258. The van der Waals surface area contributed by atoms with Crippen molar-refractivity contribution in [1.82, 2.24) is 5.06 Å². The van der Waals surface area contributed by atoms with Crippen molar-refractivity contribution in [3.63, 3.8) is 0 Å². The van der Waals surface area contributed by atoms with E-state index in [9.17, 15) is 10.0 Å². The van der Waals surface area contributed by atoms with E-state index in [1.54, 1.807) is 6.92 Å². The second-order valence-electron chi connectivity index (χ2n) is 8.00. The monoisotopic (exact) mass is 455 g/mol. The number of hydrogen-bond donors (Lipinski definition) is 1. The molecule has 4 heteroatoms. The van der Waals surface area contributed by atoms with Gasteiger partial charge in [-0.25, -0.2) is 4.79 Å². The van der Waals surface area contributed by atoms with Crippen molar-refractivity contribution in [2.45, 2.75) is 64.6 Å². The number of hydroxylamine groups is 2. The molecule has 0 radical (unpaired) electrons. The van der Waals surface area contributed by atoms with Crippen molar-refractivity contribution in [1.29, 1.82) is 0 Å². The minimum absolute atomic E-state index is 0.342. The maximum Gasteiger partial charge on any atom is 0.385 e. The number of nitrogens with zero attached hydrogens (tertiary/aromatic N) is 1. The minimum atomic E-state index is -0.668. The normalized spacial score (nSPS) is 13.5. The second kappa shape index (κ2) is 14.9. The third-order valence-corrected chi connectivity index (χ3v) is 4.23. The van der Waals surface area contributed by atoms with Crippen molar-refractivity contribution < 1.29 is 14.7 Å². The van der Waals surface area contributed by atoms with E-state index >= 15 is 0 Å². The highest BCUT2D eigenvalue weighted by molar-refractivity contribution is 5.89. The van der Waals surface area contributed by atoms with Crippen LogP contribution in [0.5, 0.6) is 0 Å². The molecule has 0 aromatic heterocycles. The van der Waals surface area contributed by atoms with Crippen LogP contribution in [0.25, 0.3) is 0 Å². The molecule has 0 saturated carbocycles. The zero-order valence-electron chi connectivity index (χ0n) is 20.2. The molecule has 1 aliphatic rings. The Bertz CT molecular complexity index is 1460. The van der Waals surface area contributed by atoms with E-state index in [0.717, 1.165) is 0 Å². The molecule has 0 spiro atoms. The highest BCUT2D eigenvalue weighted by Gasteiger charge is 2.46. The molecular formula is C31H21NO3. The number of hydrogen-bond acceptors (Lipinski definition) is 4. The summed E-state index contributed by atoms with van der Waals surface area (Å²) in [5.74, 6) is 49.2. The highest BCUT2D eigenvalue weighted by atomic mass is 16.5. The second-order valence-corrected chi connectivity index (χ2v) is 8.00. The third kappa shape index (κ3) is 12.0. The number of piperidine rings is 1. The first-order valence-electron chi connectivity index (χ1n) is 10.3. The van der Waals surface area contributed by atoms with Gasteiger partial charge in [-0.05, 0) is 129 Å². The van der Waals surface area contributed by atoms with Gasteiger partial charge in [-0.2, -0.15) is 5.06 Å². The Hall–Kier alpha value is -5.01. The van der Waals surface area contributed by atoms with Gasteiger partial charge in [0, 0.05) is 41.7 Å². The predicted octanol–water partition coefficient (Wildman–Crippen LogP) is 1.99. The average Bonchev–Trinajstić information content (AvgIpc) is 2.78. The number of rotatable bonds is 1. The van der Waals surface area contributed by atoms with Crippen molar-refractivity contribution in [3.8, 4) is 118 Å². The van der Waals surface area contributed by atoms with Crippen LogP contribution in [-0.4, -0.2) is 33.4 Å². The number of esters is 1. The fourth-order valence-electron chi connectivity index (χ4n) is 3.09. The van der Waals surface area contributed by atoms with Gasteiger partial charge < -0.3 is 9.94 Å². The van der Waals surface area contributed by atoms with E-state index in [4.69, 9.17) is 4.74 Å². The van der Waals surface area contributed by atoms with Crippen molar-refractivity contribution in [3.05, 3.63) is 0 Å². The number of ether oxygens (including phenoxy) is 1. The molecule has 35 heavy (non-hydrogen) atoms. The first-order valence-corrected chi connectivity index (χ1v) is 10.3. The Kier molecular flexibility index (Phi) is 12.0. The summed E-state index contributed by atoms with van der Waals surface area (Å²) < 4.78 is 5.42. The van der Waals surface area contributed by atoms with Crippen LogP contribution in [0.4, 0.5) is 0 Å². The van der Waals surface area contributed by atoms with E-state index < -0.39 is 17.0 Å². The first-order chi connectivity index (χ1) is 16.7. The van der Waals surface area contributed by atoms with Crippen molar-refractivity contribution >= 4 is 5.97 Å². The molecule has 0 amide bonds. The molecule has 1 N–H and O–H groups in total. The first kappa shape index (κ1) is 28.0. The summed E-state index contributed by atoms with van der Waals surface area (Å²) in [5.41, 5.74) is -1.03. The Morgan fingerprint density at radius 1 is 0.657 bits per heavy atom. The lowest BCUT2D eigenvalue weighted by atomic mass is 9.80. The minimum Gasteiger partial charge on any atom is -0.453 e. The smallest absolute Gasteiger partial charge is 0.385 e. The van der Waals surface area contributed by atoms with Crippen molar-refractivity contribution in [2.24, 2.45) is 0 Å². The van der Waals surface area contributed by atoms with Gasteiger partial charge in [0.25, 0.3) is 0 Å². The van der Waals surface area contributed by atoms with Crippen LogP contribution >= 0.6 is 0 Å². The largest absolute Gasteiger partial charge is 0.453 e. The standard InChI is InChI=1S/C31H21NO3/c1-6-7-8-9-10-11-12-13-14-15-16-17-18-19-20-21-22-23-24-25-29(33)35-28-26-30(2,3)32(34)31(4,5)27-28/h28,34H,26-27H2,1-5H3. The molecule has 0 atom stereocenters. The van der Waals surface area contributed by atoms with E-state index in [1.165, 1.54) is 5.06 Å². The summed E-state index contributed by atoms with van der Waals surface area (Å²) in [5, 5.41) is 11.6. The van der Waals surface area contributed by atoms with Gasteiger partial charge in [0.1, 0.15) is 6.10 Å². The maximum atomic E-state index is 11.9. The van der Waals surface area contributed by atoms with Crippen LogP contribution in [0.1, 0.15) is 47.5 Å². The van der Waals surface area contributed by atoms with Gasteiger partial charge in [0.05, 0.1) is 0 Å². The van der Waals surface area contributed by atoms with E-state index in [1.807, 2.05) is 27.7 Å². The maximum absolute atomic E-state index is 11.9. The molecule has 1 aliphatic heterocycles. The zero-order chi connectivity index (χ0) is 26.0. The third-order valence-electron chi connectivity index (χ3n) is 4.23. The molecule has 168 valence electrons. The Balaban J connectivity index is 2.50. The quantitative estimate of drug-likeness (QED) is 0.373. The van der Waals surface area contributed by atoms with Gasteiger partial charge in [-0.15, -0.1) is 0 Å². The fraction of sp³-hybridized carbons (Fsp3) is 0.323. The van der Waals surface area contributed by atoms with Crippen LogP contribution in [-0.2, 0) is 9.53 Å². The predicted molar refractivity (Wildman–Crippen MR) is 134 cm³/mol. The molecule has 0 unspecified atom stereocenters. The molecular weight excluding hydrogens is 434 g/mol. The summed E-state index contributed by atoms with van der Waals surface area (Å²) in [4.78, 5) is 11.9. The Morgan fingerprint density at radius 3 is 1.31 bits per heavy atom. The molecule has 1 saturated heterocycles. The van der Waals surface area contributed by atoms with E-state index in [0.29, 0.717) is 12.8 Å². The molecule has 0 bridgehead atoms. The van der Waals surface area contributed by atoms with E-state index in [2.05, 4.69) is 118 Å². The lowest BCUT2D eigenvalue weighted by Gasteiger charge is -2.50. The Morgan fingerprint density at radius 2 is 0.971 bits per heavy atom. The SMILES string of the molecule is CC#CC#CC#CC#CC#CC#CC#CC#CC#CC#CC(=O)OC1CC(C)(C)N(O)C(C)(C)C1. The van der Waals surface area contributed by atoms with Crippen LogP contribution in [0.3, 0.4) is 0 Å². The van der Waals surface area contributed by atoms with Crippen LogP contribution in [0.15, 0.2) is 0 Å². The fourth-order valence-corrected chi connectivity index (χ4v) is 3.09. The van der Waals surface area contributed by atoms with Crippen LogP contribution < -0.4 is 0 Å². The van der Waals surface area contributed by atoms with Crippen molar-refractivity contribution in [2.75, 3.05) is 0 Å². The highest BCUT2D eigenvalue weighted by Crippen LogP contribution is 2.37. The molecule has 4 nitrogen and oxygen atoms in total.